The first kappa shape index (κ1) is 26.4. The van der Waals surface area contributed by atoms with Gasteiger partial charge in [-0.15, -0.1) is 11.8 Å². The number of aromatic nitrogens is 3. The van der Waals surface area contributed by atoms with Gasteiger partial charge < -0.3 is 9.47 Å². The van der Waals surface area contributed by atoms with Crippen LogP contribution in [0.2, 0.25) is 0 Å². The van der Waals surface area contributed by atoms with Gasteiger partial charge in [-0.2, -0.15) is 18.3 Å². The van der Waals surface area contributed by atoms with Crippen LogP contribution in [0.4, 0.5) is 13.2 Å². The minimum Gasteiger partial charge on any atom is -0.476 e. The average molecular weight is 510 g/mol. The van der Waals surface area contributed by atoms with E-state index in [1.54, 1.807) is 20.8 Å². The van der Waals surface area contributed by atoms with Gasteiger partial charge >= 0.3 is 17.8 Å². The van der Waals surface area contributed by atoms with Crippen molar-refractivity contribution < 1.29 is 27.4 Å². The van der Waals surface area contributed by atoms with Crippen LogP contribution in [0.25, 0.3) is 5.69 Å². The minimum absolute atomic E-state index is 0.194. The molecule has 2 aromatic carbocycles. The van der Waals surface area contributed by atoms with Crippen LogP contribution in [0.1, 0.15) is 37.5 Å². The molecule has 0 aliphatic rings. The number of nitrogens with zero attached hydrogens (tertiary/aromatic N) is 3. The molecular weight excluding hydrogens is 483 g/mol. The third-order valence-corrected chi connectivity index (χ3v) is 6.06. The average Bonchev–Trinajstić information content (AvgIpc) is 3.14. The molecule has 3 aromatic rings. The molecule has 1 aromatic heterocycles. The molecule has 3 rings (SSSR count). The van der Waals surface area contributed by atoms with E-state index in [0.717, 1.165) is 28.2 Å². The number of hydrogen-bond donors (Lipinski definition) is 0. The molecule has 188 valence electrons. The van der Waals surface area contributed by atoms with Crippen molar-refractivity contribution in [2.45, 2.75) is 57.2 Å². The number of hydrogen-bond acceptors (Lipinski definition) is 6. The summed E-state index contributed by atoms with van der Waals surface area (Å²) in [5.41, 5.74) is -0.502. The molecule has 0 saturated carbocycles. The van der Waals surface area contributed by atoms with Gasteiger partial charge in [0.05, 0.1) is 23.7 Å². The van der Waals surface area contributed by atoms with Gasteiger partial charge in [-0.05, 0) is 82.1 Å². The lowest BCUT2D eigenvalue weighted by Gasteiger charge is -2.26. The summed E-state index contributed by atoms with van der Waals surface area (Å²) in [6.07, 6.45) is -3.17. The number of esters is 1. The van der Waals surface area contributed by atoms with E-state index in [1.807, 2.05) is 26.0 Å². The topological polar surface area (TPSA) is 75.3 Å². The van der Waals surface area contributed by atoms with E-state index >= 15 is 0 Å². The predicted molar refractivity (Wildman–Crippen MR) is 126 cm³/mol. The van der Waals surface area contributed by atoms with Gasteiger partial charge in [0.2, 0.25) is 0 Å². The molecule has 1 heterocycles. The molecule has 35 heavy (non-hydrogen) atoms. The number of carbonyl (C=O) groups excluding carboxylic acids is 1. The number of thioether (sulfide) groups is 1. The molecule has 0 amide bonds. The Morgan fingerprint density at radius 1 is 1.09 bits per heavy atom. The van der Waals surface area contributed by atoms with Crippen LogP contribution in [-0.4, -0.2) is 32.5 Å². The quantitative estimate of drug-likeness (QED) is 0.309. The van der Waals surface area contributed by atoms with E-state index in [9.17, 15) is 22.8 Å². The van der Waals surface area contributed by atoms with Gasteiger partial charge in [0, 0.05) is 4.90 Å². The highest BCUT2D eigenvalue weighted by Crippen LogP contribution is 2.33. The van der Waals surface area contributed by atoms with E-state index in [4.69, 9.17) is 9.47 Å². The monoisotopic (exact) mass is 509 g/mol. The molecule has 0 saturated heterocycles. The number of ether oxygens (including phenoxy) is 2. The lowest BCUT2D eigenvalue weighted by molar-refractivity contribution is -0.158. The Morgan fingerprint density at radius 3 is 2.23 bits per heavy atom. The zero-order valence-corrected chi connectivity index (χ0v) is 20.8. The molecule has 0 aliphatic carbocycles. The molecule has 0 bridgehead atoms. The highest BCUT2D eigenvalue weighted by atomic mass is 32.2. The first-order chi connectivity index (χ1) is 16.3. The Bertz CT molecular complexity index is 1240. The van der Waals surface area contributed by atoms with E-state index in [2.05, 4.69) is 5.10 Å². The second-order valence-electron chi connectivity index (χ2n) is 8.32. The summed E-state index contributed by atoms with van der Waals surface area (Å²) in [5, 5.41) is 4.07. The van der Waals surface area contributed by atoms with Crippen molar-refractivity contribution in [3.63, 3.8) is 0 Å². The molecule has 0 fully saturated rings. The van der Waals surface area contributed by atoms with Crippen LogP contribution in [-0.2, 0) is 21.6 Å². The highest BCUT2D eigenvalue weighted by molar-refractivity contribution is 7.98. The SMILES string of the molecule is CCOC(=O)C(C)(C)Oc1c(C)cc(SCn2ncn(-c3ccc(C(F)(F)F)cc3)c2=O)cc1C. The zero-order chi connectivity index (χ0) is 26.0. The molecular formula is C24H26F3N3O4S. The molecule has 0 atom stereocenters. The fourth-order valence-electron chi connectivity index (χ4n) is 3.31. The minimum atomic E-state index is -4.45. The van der Waals surface area contributed by atoms with E-state index in [0.29, 0.717) is 5.75 Å². The standard InChI is InChI=1S/C24H26F3N3O4S/c1-6-33-21(31)23(4,5)34-20-15(2)11-19(12-16(20)3)35-14-30-22(32)29(13-28-30)18-9-7-17(8-10-18)24(25,26)27/h7-13H,6,14H2,1-5H3. The Kier molecular flexibility index (Phi) is 7.68. The molecule has 11 heteroatoms. The lowest BCUT2D eigenvalue weighted by Crippen LogP contribution is -2.40. The van der Waals surface area contributed by atoms with Crippen molar-refractivity contribution in [1.82, 2.24) is 14.3 Å². The van der Waals surface area contributed by atoms with Crippen LogP contribution in [0, 0.1) is 13.8 Å². The number of alkyl halides is 3. The van der Waals surface area contributed by atoms with Gasteiger partial charge in [0.25, 0.3) is 0 Å². The van der Waals surface area contributed by atoms with E-state index in [1.165, 1.54) is 39.5 Å². The van der Waals surface area contributed by atoms with Crippen molar-refractivity contribution in [2.24, 2.45) is 0 Å². The van der Waals surface area contributed by atoms with Crippen molar-refractivity contribution in [2.75, 3.05) is 6.61 Å². The number of aryl methyl sites for hydroxylation is 2. The molecule has 7 nitrogen and oxygen atoms in total. The summed E-state index contributed by atoms with van der Waals surface area (Å²) in [6.45, 7) is 9.00. The van der Waals surface area contributed by atoms with Crippen molar-refractivity contribution in [3.8, 4) is 11.4 Å². The van der Waals surface area contributed by atoms with Crippen LogP contribution < -0.4 is 10.4 Å². The van der Waals surface area contributed by atoms with Gasteiger partial charge in [-0.1, -0.05) is 0 Å². The van der Waals surface area contributed by atoms with Crippen LogP contribution in [0.3, 0.4) is 0 Å². The van der Waals surface area contributed by atoms with Gasteiger partial charge in [-0.3, -0.25) is 0 Å². The Labute approximate surface area is 204 Å². The first-order valence-electron chi connectivity index (χ1n) is 10.8. The van der Waals surface area contributed by atoms with Crippen molar-refractivity contribution >= 4 is 17.7 Å². The third kappa shape index (κ3) is 6.08. The van der Waals surface area contributed by atoms with Crippen LogP contribution in [0.15, 0.2) is 52.4 Å². The van der Waals surface area contributed by atoms with Gasteiger partial charge in [-0.25, -0.2) is 18.8 Å². The normalized spacial score (nSPS) is 12.0. The number of carbonyl (C=O) groups is 1. The Morgan fingerprint density at radius 2 is 1.69 bits per heavy atom. The van der Waals surface area contributed by atoms with Crippen molar-refractivity contribution in [1.29, 1.82) is 0 Å². The summed E-state index contributed by atoms with van der Waals surface area (Å²) < 4.78 is 51.8. The highest BCUT2D eigenvalue weighted by Gasteiger charge is 2.33. The fourth-order valence-corrected chi connectivity index (χ4v) is 4.27. The molecule has 0 spiro atoms. The molecule has 0 aliphatic heterocycles. The Hall–Kier alpha value is -3.21. The molecule has 0 N–H and O–H groups in total. The third-order valence-electron chi connectivity index (χ3n) is 5.12. The summed E-state index contributed by atoms with van der Waals surface area (Å²) in [6, 6.07) is 8.07. The maximum Gasteiger partial charge on any atom is 0.416 e. The van der Waals surface area contributed by atoms with Crippen molar-refractivity contribution in [3.05, 3.63) is 69.9 Å². The zero-order valence-electron chi connectivity index (χ0n) is 20.0. The largest absolute Gasteiger partial charge is 0.476 e. The number of benzene rings is 2. The summed E-state index contributed by atoms with van der Waals surface area (Å²) in [5.74, 6) is 0.316. The van der Waals surface area contributed by atoms with E-state index < -0.39 is 29.0 Å². The number of halogens is 3. The molecule has 0 radical (unpaired) electrons. The van der Waals surface area contributed by atoms with Gasteiger partial charge in [0.1, 0.15) is 12.1 Å². The lowest BCUT2D eigenvalue weighted by atomic mass is 10.1. The summed E-state index contributed by atoms with van der Waals surface area (Å²) in [7, 11) is 0. The van der Waals surface area contributed by atoms with Gasteiger partial charge in [0.15, 0.2) is 5.60 Å². The first-order valence-corrected chi connectivity index (χ1v) is 11.7. The fraction of sp³-hybridized carbons (Fsp3) is 0.375. The second kappa shape index (κ2) is 10.2. The maximum atomic E-state index is 12.8. The molecule has 0 unspecified atom stereocenters. The van der Waals surface area contributed by atoms with Crippen LogP contribution in [0.5, 0.6) is 5.75 Å². The van der Waals surface area contributed by atoms with Crippen LogP contribution >= 0.6 is 11.8 Å². The summed E-state index contributed by atoms with van der Waals surface area (Å²) in [4.78, 5) is 25.7. The smallest absolute Gasteiger partial charge is 0.416 e. The predicted octanol–water partition coefficient (Wildman–Crippen LogP) is 5.14. The number of rotatable bonds is 8. The second-order valence-corrected chi connectivity index (χ2v) is 9.34. The summed E-state index contributed by atoms with van der Waals surface area (Å²) >= 11 is 1.36. The maximum absolute atomic E-state index is 12.8. The van der Waals surface area contributed by atoms with E-state index in [-0.39, 0.29) is 18.2 Å². The Balaban J connectivity index is 1.73.